The van der Waals surface area contributed by atoms with Crippen molar-refractivity contribution in [1.82, 2.24) is 19.7 Å². The molecule has 0 fully saturated rings. The van der Waals surface area contributed by atoms with E-state index in [9.17, 15) is 4.79 Å². The van der Waals surface area contributed by atoms with Crippen LogP contribution in [-0.2, 0) is 24.8 Å². The number of rotatable bonds is 2. The van der Waals surface area contributed by atoms with Crippen LogP contribution < -0.4 is 10.3 Å². The summed E-state index contributed by atoms with van der Waals surface area (Å²) in [5.41, 5.74) is 2.73. The highest BCUT2D eigenvalue weighted by Crippen LogP contribution is 2.30. The van der Waals surface area contributed by atoms with Crippen molar-refractivity contribution in [2.24, 2.45) is 7.05 Å². The van der Waals surface area contributed by atoms with Crippen molar-refractivity contribution < 1.29 is 9.47 Å². The molecule has 1 aliphatic heterocycles. The Labute approximate surface area is 115 Å². The zero-order valence-corrected chi connectivity index (χ0v) is 11.7. The first-order valence-corrected chi connectivity index (χ1v) is 6.39. The van der Waals surface area contributed by atoms with E-state index >= 15 is 0 Å². The van der Waals surface area contributed by atoms with Gasteiger partial charge in [-0.1, -0.05) is 0 Å². The Morgan fingerprint density at radius 2 is 2.25 bits per heavy atom. The number of aryl methyl sites for hydroxylation is 2. The van der Waals surface area contributed by atoms with Crippen molar-refractivity contribution in [2.75, 3.05) is 13.7 Å². The molecular weight excluding hydrogens is 260 g/mol. The van der Waals surface area contributed by atoms with Crippen LogP contribution in [0.4, 0.5) is 0 Å². The van der Waals surface area contributed by atoms with Crippen LogP contribution in [0.15, 0.2) is 4.79 Å². The second-order valence-corrected chi connectivity index (χ2v) is 4.74. The Morgan fingerprint density at radius 3 is 3.00 bits per heavy atom. The summed E-state index contributed by atoms with van der Waals surface area (Å²) in [6.45, 7) is 2.77. The second kappa shape index (κ2) is 4.75. The molecule has 7 heteroatoms. The topological polar surface area (TPSA) is 82.0 Å². The van der Waals surface area contributed by atoms with Crippen LogP contribution >= 0.6 is 0 Å². The van der Waals surface area contributed by atoms with Crippen LogP contribution in [0.25, 0.3) is 11.4 Å². The minimum Gasteiger partial charge on any atom is -0.481 e. The zero-order chi connectivity index (χ0) is 14.3. The van der Waals surface area contributed by atoms with Gasteiger partial charge in [-0.2, -0.15) is 5.10 Å². The lowest BCUT2D eigenvalue weighted by Gasteiger charge is -2.15. The summed E-state index contributed by atoms with van der Waals surface area (Å²) < 4.78 is 12.3. The fourth-order valence-electron chi connectivity index (χ4n) is 2.51. The Kier molecular flexibility index (Phi) is 3.06. The minimum absolute atomic E-state index is 0.157. The number of fused-ring (bicyclic) bond motifs is 1. The van der Waals surface area contributed by atoms with Crippen molar-refractivity contribution in [3.8, 4) is 17.3 Å². The number of H-pyrrole nitrogens is 1. The van der Waals surface area contributed by atoms with Crippen LogP contribution in [0, 0.1) is 6.92 Å². The van der Waals surface area contributed by atoms with Gasteiger partial charge in [-0.05, 0) is 6.92 Å². The molecule has 0 atom stereocenters. The molecule has 3 heterocycles. The van der Waals surface area contributed by atoms with Gasteiger partial charge in [0.2, 0.25) is 5.88 Å². The molecule has 1 N–H and O–H groups in total. The highest BCUT2D eigenvalue weighted by molar-refractivity contribution is 5.65. The van der Waals surface area contributed by atoms with E-state index in [1.54, 1.807) is 18.8 Å². The van der Waals surface area contributed by atoms with Gasteiger partial charge in [-0.3, -0.25) is 4.79 Å². The standard InChI is InChI=1S/C13H16N4O3/c1-7-10(13(19-3)17(2)16-7)11-14-9-4-5-20-6-8(9)12(18)15-11/h4-6H2,1-3H3,(H,14,15,18). The lowest BCUT2D eigenvalue weighted by Crippen LogP contribution is -2.24. The number of aromatic amines is 1. The number of ether oxygens (including phenoxy) is 2. The molecule has 2 aromatic rings. The SMILES string of the molecule is COc1c(-c2nc3c(c(=O)[nH]2)COCC3)c(C)nn1C. The molecule has 0 radical (unpaired) electrons. The van der Waals surface area contributed by atoms with Crippen LogP contribution in [0.2, 0.25) is 0 Å². The van der Waals surface area contributed by atoms with Gasteiger partial charge in [-0.25, -0.2) is 9.67 Å². The summed E-state index contributed by atoms with van der Waals surface area (Å²) in [5, 5.41) is 4.30. The highest BCUT2D eigenvalue weighted by atomic mass is 16.5. The molecule has 0 amide bonds. The normalized spacial score (nSPS) is 14.2. The number of methoxy groups -OCH3 is 1. The van der Waals surface area contributed by atoms with Gasteiger partial charge in [-0.15, -0.1) is 0 Å². The fourth-order valence-corrected chi connectivity index (χ4v) is 2.51. The number of hydrogen-bond acceptors (Lipinski definition) is 5. The first kappa shape index (κ1) is 12.9. The molecule has 0 saturated heterocycles. The van der Waals surface area contributed by atoms with Crippen LogP contribution in [-0.4, -0.2) is 33.5 Å². The molecule has 0 aliphatic carbocycles. The van der Waals surface area contributed by atoms with Gasteiger partial charge in [0.05, 0.1) is 37.3 Å². The van der Waals surface area contributed by atoms with E-state index in [1.807, 2.05) is 6.92 Å². The maximum atomic E-state index is 12.1. The molecule has 3 rings (SSSR count). The predicted molar refractivity (Wildman–Crippen MR) is 71.7 cm³/mol. The second-order valence-electron chi connectivity index (χ2n) is 4.74. The molecule has 20 heavy (non-hydrogen) atoms. The van der Waals surface area contributed by atoms with Crippen molar-refractivity contribution in [1.29, 1.82) is 0 Å². The van der Waals surface area contributed by atoms with Crippen molar-refractivity contribution in [3.63, 3.8) is 0 Å². The number of aromatic nitrogens is 4. The van der Waals surface area contributed by atoms with Crippen molar-refractivity contribution in [2.45, 2.75) is 20.0 Å². The third-order valence-corrected chi connectivity index (χ3v) is 3.43. The molecule has 1 aliphatic rings. The van der Waals surface area contributed by atoms with E-state index in [4.69, 9.17) is 9.47 Å². The molecule has 0 saturated carbocycles. The van der Waals surface area contributed by atoms with Crippen LogP contribution in [0.3, 0.4) is 0 Å². The van der Waals surface area contributed by atoms with Crippen molar-refractivity contribution in [3.05, 3.63) is 27.3 Å². The van der Waals surface area contributed by atoms with E-state index in [0.29, 0.717) is 36.9 Å². The monoisotopic (exact) mass is 276 g/mol. The first-order valence-electron chi connectivity index (χ1n) is 6.39. The van der Waals surface area contributed by atoms with E-state index in [-0.39, 0.29) is 5.56 Å². The summed E-state index contributed by atoms with van der Waals surface area (Å²) in [6, 6.07) is 0. The van der Waals surface area contributed by atoms with Gasteiger partial charge in [0, 0.05) is 13.5 Å². The smallest absolute Gasteiger partial charge is 0.256 e. The summed E-state index contributed by atoms with van der Waals surface area (Å²) in [4.78, 5) is 19.5. The van der Waals surface area contributed by atoms with Gasteiger partial charge >= 0.3 is 0 Å². The first-order chi connectivity index (χ1) is 9.61. The average molecular weight is 276 g/mol. The van der Waals surface area contributed by atoms with Gasteiger partial charge in [0.25, 0.3) is 5.56 Å². The molecule has 0 unspecified atom stereocenters. The van der Waals surface area contributed by atoms with Crippen LogP contribution in [0.5, 0.6) is 5.88 Å². The minimum atomic E-state index is -0.157. The molecular formula is C13H16N4O3. The third kappa shape index (κ3) is 1.90. The Hall–Kier alpha value is -2.15. The van der Waals surface area contributed by atoms with Gasteiger partial charge in [0.1, 0.15) is 11.4 Å². The lowest BCUT2D eigenvalue weighted by molar-refractivity contribution is 0.108. The molecule has 7 nitrogen and oxygen atoms in total. The summed E-state index contributed by atoms with van der Waals surface area (Å²) in [5.74, 6) is 1.08. The van der Waals surface area contributed by atoms with Crippen LogP contribution in [0.1, 0.15) is 17.0 Å². The quantitative estimate of drug-likeness (QED) is 0.866. The summed E-state index contributed by atoms with van der Waals surface area (Å²) in [7, 11) is 3.37. The van der Waals surface area contributed by atoms with E-state index in [1.165, 1.54) is 0 Å². The van der Waals surface area contributed by atoms with E-state index in [2.05, 4.69) is 15.1 Å². The molecule has 0 bridgehead atoms. The van der Waals surface area contributed by atoms with E-state index in [0.717, 1.165) is 17.0 Å². The maximum absolute atomic E-state index is 12.1. The molecule has 106 valence electrons. The highest BCUT2D eigenvalue weighted by Gasteiger charge is 2.22. The number of nitrogens with one attached hydrogen (secondary N) is 1. The predicted octanol–water partition coefficient (Wildman–Crippen LogP) is 0.560. The Bertz CT molecular complexity index is 717. The third-order valence-electron chi connectivity index (χ3n) is 3.43. The van der Waals surface area contributed by atoms with Gasteiger partial charge in [0.15, 0.2) is 0 Å². The summed E-state index contributed by atoms with van der Waals surface area (Å²) in [6.07, 6.45) is 0.647. The number of nitrogens with zero attached hydrogens (tertiary/aromatic N) is 3. The molecule has 0 spiro atoms. The van der Waals surface area contributed by atoms with Crippen molar-refractivity contribution >= 4 is 0 Å². The number of hydrogen-bond donors (Lipinski definition) is 1. The average Bonchev–Trinajstić information content (AvgIpc) is 2.72. The fraction of sp³-hybridized carbons (Fsp3) is 0.462. The molecule has 0 aromatic carbocycles. The van der Waals surface area contributed by atoms with Gasteiger partial charge < -0.3 is 14.5 Å². The van der Waals surface area contributed by atoms with E-state index < -0.39 is 0 Å². The largest absolute Gasteiger partial charge is 0.481 e. The maximum Gasteiger partial charge on any atom is 0.256 e. The molecule has 2 aromatic heterocycles. The lowest BCUT2D eigenvalue weighted by atomic mass is 10.1. The summed E-state index contributed by atoms with van der Waals surface area (Å²) >= 11 is 0. The zero-order valence-electron chi connectivity index (χ0n) is 11.7. The Balaban J connectivity index is 2.21. The Morgan fingerprint density at radius 1 is 1.45 bits per heavy atom.